The molecule has 0 heterocycles. The topological polar surface area (TPSA) is 26.3 Å². The number of alkyl halides is 10. The zero-order valence-corrected chi connectivity index (χ0v) is 12.4. The standard InChI is InChI=1S/C12H14F10O2/c1-3-8(2,11(17,18)19)7(23)24-5-4-9(13,14)6-10(15,16)12(20,21)22/h3-6H2,1-2H3. The smallest absolute Gasteiger partial charge is 0.453 e. The molecule has 0 amide bonds. The van der Waals surface area contributed by atoms with Gasteiger partial charge in [0, 0.05) is 6.42 Å². The number of hydrogen-bond donors (Lipinski definition) is 0. The summed E-state index contributed by atoms with van der Waals surface area (Å²) in [5, 5.41) is 0. The molecule has 0 radical (unpaired) electrons. The number of carbonyl (C=O) groups is 1. The van der Waals surface area contributed by atoms with Crippen LogP contribution in [-0.2, 0) is 9.53 Å². The van der Waals surface area contributed by atoms with Crippen LogP contribution in [0.1, 0.15) is 33.1 Å². The number of esters is 1. The maximum absolute atomic E-state index is 13.1. The first-order valence-electron chi connectivity index (χ1n) is 6.46. The van der Waals surface area contributed by atoms with Crippen molar-refractivity contribution >= 4 is 5.97 Å². The van der Waals surface area contributed by atoms with Crippen LogP contribution in [0.3, 0.4) is 0 Å². The minimum Gasteiger partial charge on any atom is -0.465 e. The van der Waals surface area contributed by atoms with Gasteiger partial charge in [-0.25, -0.2) is 8.78 Å². The minimum absolute atomic E-state index is 0.450. The van der Waals surface area contributed by atoms with Gasteiger partial charge in [0.2, 0.25) is 0 Å². The van der Waals surface area contributed by atoms with Gasteiger partial charge in [-0.3, -0.25) is 4.79 Å². The fourth-order valence-electron chi connectivity index (χ4n) is 1.43. The third-order valence-electron chi connectivity index (χ3n) is 3.38. The number of rotatable bonds is 7. The van der Waals surface area contributed by atoms with Crippen LogP contribution in [0.2, 0.25) is 0 Å². The molecule has 0 aliphatic rings. The maximum atomic E-state index is 13.1. The summed E-state index contributed by atoms with van der Waals surface area (Å²) in [5.74, 6) is -12.2. The lowest BCUT2D eigenvalue weighted by atomic mass is 9.87. The van der Waals surface area contributed by atoms with Gasteiger partial charge in [0.15, 0.2) is 5.41 Å². The van der Waals surface area contributed by atoms with Crippen molar-refractivity contribution in [3.05, 3.63) is 0 Å². The van der Waals surface area contributed by atoms with E-state index in [1.807, 2.05) is 0 Å². The van der Waals surface area contributed by atoms with Crippen molar-refractivity contribution < 1.29 is 53.4 Å². The largest absolute Gasteiger partial charge is 0.465 e. The summed E-state index contributed by atoms with van der Waals surface area (Å²) in [5.41, 5.74) is -3.00. The SMILES string of the molecule is CCC(C)(C(=O)OCCC(F)(F)CC(F)(F)C(F)(F)F)C(F)(F)F. The minimum atomic E-state index is -6.20. The summed E-state index contributed by atoms with van der Waals surface area (Å²) in [7, 11) is 0. The van der Waals surface area contributed by atoms with Gasteiger partial charge in [0.1, 0.15) is 0 Å². The zero-order chi connectivity index (χ0) is 19.6. The molecular weight excluding hydrogens is 366 g/mol. The Morgan fingerprint density at radius 1 is 0.875 bits per heavy atom. The molecule has 24 heavy (non-hydrogen) atoms. The number of hydrogen-bond acceptors (Lipinski definition) is 2. The normalized spacial score (nSPS) is 16.7. The second-order valence-corrected chi connectivity index (χ2v) is 5.30. The van der Waals surface area contributed by atoms with E-state index in [0.29, 0.717) is 6.92 Å². The molecule has 1 unspecified atom stereocenters. The Kier molecular flexibility index (Phi) is 6.59. The van der Waals surface area contributed by atoms with Crippen LogP contribution in [0.4, 0.5) is 43.9 Å². The van der Waals surface area contributed by atoms with E-state index < -0.39 is 61.5 Å². The highest BCUT2D eigenvalue weighted by Crippen LogP contribution is 2.44. The molecular formula is C12H14F10O2. The zero-order valence-electron chi connectivity index (χ0n) is 12.4. The van der Waals surface area contributed by atoms with Crippen LogP contribution in [0, 0.1) is 5.41 Å². The second kappa shape index (κ2) is 6.95. The third kappa shape index (κ3) is 5.40. The van der Waals surface area contributed by atoms with E-state index in [1.165, 1.54) is 0 Å². The van der Waals surface area contributed by atoms with Crippen LogP contribution < -0.4 is 0 Å². The van der Waals surface area contributed by atoms with E-state index in [2.05, 4.69) is 4.74 Å². The summed E-state index contributed by atoms with van der Waals surface area (Å²) in [6.45, 7) is -0.00996. The van der Waals surface area contributed by atoms with Gasteiger partial charge in [0.05, 0.1) is 13.0 Å². The predicted molar refractivity (Wildman–Crippen MR) is 60.6 cm³/mol. The number of ether oxygens (including phenoxy) is 1. The summed E-state index contributed by atoms with van der Waals surface area (Å²) >= 11 is 0. The van der Waals surface area contributed by atoms with Crippen molar-refractivity contribution in [1.29, 1.82) is 0 Å². The third-order valence-corrected chi connectivity index (χ3v) is 3.38. The van der Waals surface area contributed by atoms with Crippen molar-refractivity contribution in [2.24, 2.45) is 5.41 Å². The summed E-state index contributed by atoms with van der Waals surface area (Å²) < 4.78 is 129. The van der Waals surface area contributed by atoms with Gasteiger partial charge in [-0.1, -0.05) is 6.92 Å². The van der Waals surface area contributed by atoms with E-state index in [1.54, 1.807) is 0 Å². The van der Waals surface area contributed by atoms with Crippen molar-refractivity contribution in [2.45, 2.75) is 57.3 Å². The Bertz CT molecular complexity index is 440. The molecule has 0 N–H and O–H groups in total. The molecule has 0 aliphatic carbocycles. The van der Waals surface area contributed by atoms with E-state index >= 15 is 0 Å². The summed E-state index contributed by atoms with van der Waals surface area (Å²) in [6.07, 6.45) is -16.7. The van der Waals surface area contributed by atoms with Gasteiger partial charge in [-0.15, -0.1) is 0 Å². The van der Waals surface area contributed by atoms with Crippen LogP contribution >= 0.6 is 0 Å². The van der Waals surface area contributed by atoms with Gasteiger partial charge in [0.25, 0.3) is 5.92 Å². The molecule has 0 aromatic carbocycles. The van der Waals surface area contributed by atoms with E-state index in [4.69, 9.17) is 0 Å². The lowest BCUT2D eigenvalue weighted by Crippen LogP contribution is -2.44. The van der Waals surface area contributed by atoms with E-state index in [9.17, 15) is 48.7 Å². The highest BCUT2D eigenvalue weighted by Gasteiger charge is 2.61. The molecule has 0 bridgehead atoms. The molecule has 2 nitrogen and oxygen atoms in total. The average Bonchev–Trinajstić information content (AvgIpc) is 2.33. The Labute approximate surface area is 130 Å². The predicted octanol–water partition coefficient (Wildman–Crippen LogP) is 5.12. The Balaban J connectivity index is 4.78. The second-order valence-electron chi connectivity index (χ2n) is 5.30. The monoisotopic (exact) mass is 380 g/mol. The van der Waals surface area contributed by atoms with E-state index in [-0.39, 0.29) is 0 Å². The van der Waals surface area contributed by atoms with Crippen LogP contribution in [0.15, 0.2) is 0 Å². The highest BCUT2D eigenvalue weighted by atomic mass is 19.4. The first-order chi connectivity index (χ1) is 10.4. The lowest BCUT2D eigenvalue weighted by Gasteiger charge is -2.29. The molecule has 0 aliphatic heterocycles. The molecule has 0 aromatic heterocycles. The average molecular weight is 380 g/mol. The van der Waals surface area contributed by atoms with Gasteiger partial charge in [-0.2, -0.15) is 35.1 Å². The fourth-order valence-corrected chi connectivity index (χ4v) is 1.43. The van der Waals surface area contributed by atoms with Crippen molar-refractivity contribution in [2.75, 3.05) is 6.61 Å². The lowest BCUT2D eigenvalue weighted by molar-refractivity contribution is -0.301. The molecule has 0 spiro atoms. The molecule has 0 rings (SSSR count). The van der Waals surface area contributed by atoms with Gasteiger partial charge in [-0.05, 0) is 13.3 Å². The molecule has 0 fully saturated rings. The van der Waals surface area contributed by atoms with Crippen molar-refractivity contribution in [3.8, 4) is 0 Å². The molecule has 0 saturated carbocycles. The van der Waals surface area contributed by atoms with Crippen molar-refractivity contribution in [3.63, 3.8) is 0 Å². The number of carbonyl (C=O) groups excluding carboxylic acids is 1. The van der Waals surface area contributed by atoms with Crippen LogP contribution in [-0.4, -0.2) is 36.8 Å². The Morgan fingerprint density at radius 3 is 1.67 bits per heavy atom. The Hall–Kier alpha value is -1.23. The highest BCUT2D eigenvalue weighted by molar-refractivity contribution is 5.77. The summed E-state index contributed by atoms with van der Waals surface area (Å²) in [4.78, 5) is 11.4. The van der Waals surface area contributed by atoms with Crippen LogP contribution in [0.5, 0.6) is 0 Å². The molecule has 144 valence electrons. The maximum Gasteiger partial charge on any atom is 0.453 e. The van der Waals surface area contributed by atoms with Gasteiger partial charge >= 0.3 is 24.2 Å². The van der Waals surface area contributed by atoms with Crippen LogP contribution in [0.25, 0.3) is 0 Å². The first kappa shape index (κ1) is 22.8. The van der Waals surface area contributed by atoms with Crippen molar-refractivity contribution in [1.82, 2.24) is 0 Å². The fraction of sp³-hybridized carbons (Fsp3) is 0.917. The quantitative estimate of drug-likeness (QED) is 0.453. The van der Waals surface area contributed by atoms with Gasteiger partial charge < -0.3 is 4.74 Å². The number of halogens is 10. The molecule has 0 saturated heterocycles. The summed E-state index contributed by atoms with van der Waals surface area (Å²) in [6, 6.07) is 0. The molecule has 1 atom stereocenters. The Morgan fingerprint density at radius 2 is 1.33 bits per heavy atom. The van der Waals surface area contributed by atoms with E-state index in [0.717, 1.165) is 6.92 Å². The first-order valence-corrected chi connectivity index (χ1v) is 6.46. The molecule has 12 heteroatoms. The molecule has 0 aromatic rings.